The number of carbonyl (C=O) groups excluding carboxylic acids is 2. The van der Waals surface area contributed by atoms with Crippen LogP contribution in [0.1, 0.15) is 53.0 Å². The highest BCUT2D eigenvalue weighted by atomic mass is 16.5. The number of rotatable bonds is 7. The topological polar surface area (TPSA) is 129 Å². The van der Waals surface area contributed by atoms with Crippen molar-refractivity contribution in [3.63, 3.8) is 0 Å². The number of aliphatic carboxylic acids is 1. The molecule has 1 fully saturated rings. The molecule has 2 aliphatic heterocycles. The Morgan fingerprint density at radius 1 is 1.25 bits per heavy atom. The fraction of sp³-hybridized carbons (Fsp3) is 0.400. The SMILES string of the molecule is CC(C)Oc1cc2c(cc1NC(=O)c1cnn3cccnc13)CN(C1CCN(CC(=O)O)CC1)C2=O. The van der Waals surface area contributed by atoms with E-state index < -0.39 is 5.97 Å². The molecule has 5 rings (SSSR count). The van der Waals surface area contributed by atoms with E-state index in [-0.39, 0.29) is 30.5 Å². The lowest BCUT2D eigenvalue weighted by atomic mass is 10.0. The predicted molar refractivity (Wildman–Crippen MR) is 130 cm³/mol. The number of carboxylic acid groups (broad SMARTS) is 1. The van der Waals surface area contributed by atoms with Crippen LogP contribution >= 0.6 is 0 Å². The number of fused-ring (bicyclic) bond motifs is 2. The Morgan fingerprint density at radius 3 is 2.75 bits per heavy atom. The summed E-state index contributed by atoms with van der Waals surface area (Å²) >= 11 is 0. The molecule has 1 aromatic carbocycles. The molecule has 36 heavy (non-hydrogen) atoms. The minimum absolute atomic E-state index is 0.0159. The van der Waals surface area contributed by atoms with Crippen molar-refractivity contribution in [3.05, 3.63) is 53.5 Å². The van der Waals surface area contributed by atoms with E-state index in [2.05, 4.69) is 15.4 Å². The van der Waals surface area contributed by atoms with Gasteiger partial charge in [-0.25, -0.2) is 9.50 Å². The monoisotopic (exact) mass is 492 g/mol. The van der Waals surface area contributed by atoms with Crippen molar-refractivity contribution in [2.24, 2.45) is 0 Å². The summed E-state index contributed by atoms with van der Waals surface area (Å²) in [6.07, 6.45) is 6.05. The van der Waals surface area contributed by atoms with Crippen LogP contribution in [0.3, 0.4) is 0 Å². The first-order valence-corrected chi connectivity index (χ1v) is 12.0. The van der Waals surface area contributed by atoms with Gasteiger partial charge in [0.25, 0.3) is 11.8 Å². The number of nitrogens with zero attached hydrogens (tertiary/aromatic N) is 5. The molecule has 11 nitrogen and oxygen atoms in total. The predicted octanol–water partition coefficient (Wildman–Crippen LogP) is 2.27. The lowest BCUT2D eigenvalue weighted by Crippen LogP contribution is -2.46. The summed E-state index contributed by atoms with van der Waals surface area (Å²) in [5.41, 5.74) is 2.63. The molecular formula is C25H28N6O5. The van der Waals surface area contributed by atoms with Crippen LogP contribution in [-0.2, 0) is 11.3 Å². The van der Waals surface area contributed by atoms with Crippen LogP contribution in [-0.4, -0.2) is 79.1 Å². The van der Waals surface area contributed by atoms with Gasteiger partial charge in [-0.05, 0) is 50.5 Å². The van der Waals surface area contributed by atoms with Gasteiger partial charge in [0.1, 0.15) is 11.3 Å². The second-order valence-corrected chi connectivity index (χ2v) is 9.41. The molecule has 0 aliphatic carbocycles. The number of ether oxygens (including phenoxy) is 1. The number of hydrogen-bond acceptors (Lipinski definition) is 7. The number of likely N-dealkylation sites (tertiary alicyclic amines) is 1. The molecule has 0 bridgehead atoms. The molecule has 4 heterocycles. The molecule has 0 saturated carbocycles. The van der Waals surface area contributed by atoms with Gasteiger partial charge in [-0.3, -0.25) is 19.3 Å². The van der Waals surface area contributed by atoms with Gasteiger partial charge in [0, 0.05) is 43.6 Å². The Hall–Kier alpha value is -3.99. The molecule has 0 unspecified atom stereocenters. The summed E-state index contributed by atoms with van der Waals surface area (Å²) in [5, 5.41) is 16.1. The Balaban J connectivity index is 1.37. The van der Waals surface area contributed by atoms with Crippen LogP contribution < -0.4 is 10.1 Å². The molecule has 0 spiro atoms. The summed E-state index contributed by atoms with van der Waals surface area (Å²) in [6.45, 7) is 5.48. The molecule has 188 valence electrons. The van der Waals surface area contributed by atoms with Crippen molar-refractivity contribution in [3.8, 4) is 5.75 Å². The van der Waals surface area contributed by atoms with E-state index in [9.17, 15) is 14.4 Å². The number of amides is 2. The van der Waals surface area contributed by atoms with Crippen LogP contribution in [0.4, 0.5) is 5.69 Å². The molecule has 2 N–H and O–H groups in total. The second kappa shape index (κ2) is 9.57. The number of nitrogens with one attached hydrogen (secondary N) is 1. The molecule has 0 atom stereocenters. The van der Waals surface area contributed by atoms with Gasteiger partial charge >= 0.3 is 5.97 Å². The first-order chi connectivity index (χ1) is 17.3. The van der Waals surface area contributed by atoms with Gasteiger partial charge in [0.15, 0.2) is 5.65 Å². The Bertz CT molecular complexity index is 1330. The third-order valence-corrected chi connectivity index (χ3v) is 6.53. The number of carbonyl (C=O) groups is 3. The van der Waals surface area contributed by atoms with Crippen molar-refractivity contribution in [1.29, 1.82) is 0 Å². The summed E-state index contributed by atoms with van der Waals surface area (Å²) in [7, 11) is 0. The first kappa shape index (κ1) is 23.7. The van der Waals surface area contributed by atoms with Crippen LogP contribution in [0.25, 0.3) is 5.65 Å². The third-order valence-electron chi connectivity index (χ3n) is 6.53. The van der Waals surface area contributed by atoms with Crippen LogP contribution in [0.5, 0.6) is 5.75 Å². The molecular weight excluding hydrogens is 464 g/mol. The highest BCUT2D eigenvalue weighted by Crippen LogP contribution is 2.36. The molecule has 2 aromatic heterocycles. The first-order valence-electron chi connectivity index (χ1n) is 12.0. The number of carboxylic acids is 1. The van der Waals surface area contributed by atoms with Gasteiger partial charge in [0.05, 0.1) is 24.5 Å². The molecule has 1 saturated heterocycles. The van der Waals surface area contributed by atoms with E-state index in [0.717, 1.165) is 5.56 Å². The van der Waals surface area contributed by atoms with E-state index in [1.54, 1.807) is 24.5 Å². The lowest BCUT2D eigenvalue weighted by Gasteiger charge is -2.36. The average Bonchev–Trinajstić information content (AvgIpc) is 3.40. The highest BCUT2D eigenvalue weighted by molar-refractivity contribution is 6.09. The van der Waals surface area contributed by atoms with E-state index in [1.807, 2.05) is 29.7 Å². The molecule has 3 aromatic rings. The normalized spacial score (nSPS) is 16.5. The number of hydrogen-bond donors (Lipinski definition) is 2. The van der Waals surface area contributed by atoms with Crippen molar-refractivity contribution >= 4 is 29.1 Å². The van der Waals surface area contributed by atoms with Gasteiger partial charge in [0.2, 0.25) is 0 Å². The average molecular weight is 493 g/mol. The van der Waals surface area contributed by atoms with Crippen LogP contribution in [0, 0.1) is 0 Å². The van der Waals surface area contributed by atoms with Gasteiger partial charge in [-0.2, -0.15) is 5.10 Å². The van der Waals surface area contributed by atoms with Gasteiger partial charge in [-0.15, -0.1) is 0 Å². The maximum absolute atomic E-state index is 13.3. The highest BCUT2D eigenvalue weighted by Gasteiger charge is 2.36. The molecule has 0 radical (unpaired) electrons. The minimum atomic E-state index is -0.842. The fourth-order valence-electron chi connectivity index (χ4n) is 4.87. The number of aromatic nitrogens is 3. The zero-order valence-corrected chi connectivity index (χ0v) is 20.2. The standard InChI is InChI=1S/C25H28N6O5/c1-15(2)36-21-11-18-16(13-30(25(18)35)17-4-8-29(9-5-17)14-22(32)33)10-20(21)28-24(34)19-12-27-31-7-3-6-26-23(19)31/h3,6-7,10-12,15,17H,4-5,8-9,13-14H2,1-2H3,(H,28,34)(H,32,33). The zero-order chi connectivity index (χ0) is 25.4. The van der Waals surface area contributed by atoms with E-state index in [0.29, 0.717) is 60.7 Å². The van der Waals surface area contributed by atoms with Crippen LogP contribution in [0.2, 0.25) is 0 Å². The van der Waals surface area contributed by atoms with Gasteiger partial charge in [-0.1, -0.05) is 0 Å². The van der Waals surface area contributed by atoms with Crippen LogP contribution in [0.15, 0.2) is 36.8 Å². The maximum atomic E-state index is 13.3. The van der Waals surface area contributed by atoms with Crippen molar-refractivity contribution in [2.75, 3.05) is 25.0 Å². The molecule has 2 aliphatic rings. The fourth-order valence-corrected chi connectivity index (χ4v) is 4.87. The summed E-state index contributed by atoms with van der Waals surface area (Å²) < 4.78 is 7.50. The number of anilines is 1. The smallest absolute Gasteiger partial charge is 0.317 e. The Kier molecular flexibility index (Phi) is 6.31. The third kappa shape index (κ3) is 4.61. The van der Waals surface area contributed by atoms with E-state index in [1.165, 1.54) is 10.7 Å². The Morgan fingerprint density at radius 2 is 2.03 bits per heavy atom. The quantitative estimate of drug-likeness (QED) is 0.514. The summed E-state index contributed by atoms with van der Waals surface area (Å²) in [5.74, 6) is -0.859. The largest absolute Gasteiger partial charge is 0.489 e. The second-order valence-electron chi connectivity index (χ2n) is 9.41. The van der Waals surface area contributed by atoms with Crippen molar-refractivity contribution < 1.29 is 24.2 Å². The van der Waals surface area contributed by atoms with Crippen molar-refractivity contribution in [2.45, 2.75) is 45.4 Å². The summed E-state index contributed by atoms with van der Waals surface area (Å²) in [4.78, 5) is 45.4. The maximum Gasteiger partial charge on any atom is 0.317 e. The lowest BCUT2D eigenvalue weighted by molar-refractivity contribution is -0.138. The number of benzene rings is 1. The molecule has 11 heteroatoms. The Labute approximate surface area is 207 Å². The molecule has 2 amide bonds. The minimum Gasteiger partial charge on any atom is -0.489 e. The summed E-state index contributed by atoms with van der Waals surface area (Å²) in [6, 6.07) is 5.28. The van der Waals surface area contributed by atoms with Gasteiger partial charge < -0.3 is 20.1 Å². The number of piperidine rings is 1. The van der Waals surface area contributed by atoms with E-state index >= 15 is 0 Å². The van der Waals surface area contributed by atoms with E-state index in [4.69, 9.17) is 9.84 Å². The van der Waals surface area contributed by atoms with Crippen molar-refractivity contribution in [1.82, 2.24) is 24.4 Å². The zero-order valence-electron chi connectivity index (χ0n) is 20.2.